The van der Waals surface area contributed by atoms with Crippen molar-refractivity contribution in [1.82, 2.24) is 5.32 Å². The molecule has 4 heteroatoms. The molecule has 0 saturated heterocycles. The summed E-state index contributed by atoms with van der Waals surface area (Å²) in [6, 6.07) is 7.29. The van der Waals surface area contributed by atoms with Crippen molar-refractivity contribution in [1.29, 1.82) is 0 Å². The Hall–Kier alpha value is -0.870. The topological polar surface area (TPSA) is 46.2 Å². The van der Waals surface area contributed by atoms with E-state index in [1.165, 1.54) is 0 Å². The van der Waals surface area contributed by atoms with Crippen LogP contribution in [0.4, 0.5) is 0 Å². The molecule has 1 aliphatic carbocycles. The molecule has 1 aliphatic rings. The van der Waals surface area contributed by atoms with Gasteiger partial charge in [0.05, 0.1) is 10.1 Å². The number of aryl methyl sites for hydroxylation is 1. The van der Waals surface area contributed by atoms with Crippen LogP contribution < -0.4 is 5.32 Å². The Morgan fingerprint density at radius 2 is 2.06 bits per heavy atom. The first kappa shape index (κ1) is 12.6. The molecule has 0 bridgehead atoms. The van der Waals surface area contributed by atoms with Crippen LogP contribution in [0.1, 0.15) is 24.8 Å². The van der Waals surface area contributed by atoms with Gasteiger partial charge in [-0.25, -0.2) is 8.42 Å². The molecule has 0 amide bonds. The SMILES string of the molecule is CNC1CCCC1S(=O)(=O)c1cccc(C)c1. The molecule has 17 heavy (non-hydrogen) atoms. The van der Waals surface area contributed by atoms with Gasteiger partial charge < -0.3 is 5.32 Å². The number of rotatable bonds is 3. The molecule has 2 atom stereocenters. The summed E-state index contributed by atoms with van der Waals surface area (Å²) in [5.74, 6) is 0. The predicted molar refractivity (Wildman–Crippen MR) is 68.9 cm³/mol. The molecule has 1 aromatic carbocycles. The second-order valence-electron chi connectivity index (χ2n) is 4.73. The van der Waals surface area contributed by atoms with Crippen LogP contribution in [0.3, 0.4) is 0 Å². The number of sulfone groups is 1. The molecule has 1 aromatic rings. The highest BCUT2D eigenvalue weighted by Crippen LogP contribution is 2.30. The normalized spacial score (nSPS) is 25.1. The van der Waals surface area contributed by atoms with E-state index in [9.17, 15) is 8.42 Å². The molecule has 94 valence electrons. The molecule has 2 unspecified atom stereocenters. The minimum absolute atomic E-state index is 0.0977. The minimum Gasteiger partial charge on any atom is -0.316 e. The maximum Gasteiger partial charge on any atom is 0.182 e. The highest BCUT2D eigenvalue weighted by molar-refractivity contribution is 7.92. The molecule has 0 radical (unpaired) electrons. The molecule has 0 heterocycles. The molecule has 1 fully saturated rings. The van der Waals surface area contributed by atoms with Gasteiger partial charge in [0.1, 0.15) is 0 Å². The van der Waals surface area contributed by atoms with Crippen molar-refractivity contribution < 1.29 is 8.42 Å². The average Bonchev–Trinajstić information content (AvgIpc) is 2.77. The second-order valence-corrected chi connectivity index (χ2v) is 6.89. The first-order chi connectivity index (χ1) is 8.05. The third kappa shape index (κ3) is 2.38. The van der Waals surface area contributed by atoms with Crippen LogP contribution in [-0.4, -0.2) is 26.8 Å². The number of hydrogen-bond acceptors (Lipinski definition) is 3. The van der Waals surface area contributed by atoms with Crippen LogP contribution in [0, 0.1) is 6.92 Å². The Kier molecular flexibility index (Phi) is 3.54. The van der Waals surface area contributed by atoms with Crippen molar-refractivity contribution >= 4 is 9.84 Å². The van der Waals surface area contributed by atoms with E-state index >= 15 is 0 Å². The van der Waals surface area contributed by atoms with Crippen LogP contribution in [0.25, 0.3) is 0 Å². The van der Waals surface area contributed by atoms with Gasteiger partial charge in [-0.1, -0.05) is 18.6 Å². The van der Waals surface area contributed by atoms with Gasteiger partial charge in [0.15, 0.2) is 9.84 Å². The Bertz CT molecular complexity index is 496. The maximum absolute atomic E-state index is 12.5. The summed E-state index contributed by atoms with van der Waals surface area (Å²) in [5, 5.41) is 2.86. The molecule has 0 aromatic heterocycles. The summed E-state index contributed by atoms with van der Waals surface area (Å²) in [7, 11) is -1.34. The first-order valence-electron chi connectivity index (χ1n) is 6.03. The quantitative estimate of drug-likeness (QED) is 0.895. The van der Waals surface area contributed by atoms with E-state index in [4.69, 9.17) is 0 Å². The van der Waals surface area contributed by atoms with Gasteiger partial charge in [0, 0.05) is 6.04 Å². The second kappa shape index (κ2) is 4.78. The fourth-order valence-electron chi connectivity index (χ4n) is 2.59. The summed E-state index contributed by atoms with van der Waals surface area (Å²) in [4.78, 5) is 0.463. The van der Waals surface area contributed by atoms with Gasteiger partial charge in [0.2, 0.25) is 0 Å². The van der Waals surface area contributed by atoms with Gasteiger partial charge in [0.25, 0.3) is 0 Å². The highest BCUT2D eigenvalue weighted by atomic mass is 32.2. The van der Waals surface area contributed by atoms with E-state index in [1.807, 2.05) is 26.1 Å². The van der Waals surface area contributed by atoms with Crippen molar-refractivity contribution in [2.45, 2.75) is 42.4 Å². The van der Waals surface area contributed by atoms with E-state index in [-0.39, 0.29) is 11.3 Å². The van der Waals surface area contributed by atoms with E-state index in [0.29, 0.717) is 4.90 Å². The van der Waals surface area contributed by atoms with Crippen LogP contribution in [0.5, 0.6) is 0 Å². The molecule has 1 saturated carbocycles. The lowest BCUT2D eigenvalue weighted by Crippen LogP contribution is -2.38. The van der Waals surface area contributed by atoms with Crippen molar-refractivity contribution in [3.05, 3.63) is 29.8 Å². The molecular formula is C13H19NO2S. The van der Waals surface area contributed by atoms with E-state index in [2.05, 4.69) is 5.32 Å². The first-order valence-corrected chi connectivity index (χ1v) is 7.58. The number of nitrogens with one attached hydrogen (secondary N) is 1. The smallest absolute Gasteiger partial charge is 0.182 e. The third-order valence-corrected chi connectivity index (χ3v) is 5.81. The van der Waals surface area contributed by atoms with Crippen LogP contribution in [0.15, 0.2) is 29.2 Å². The third-order valence-electron chi connectivity index (χ3n) is 3.54. The molecule has 2 rings (SSSR count). The largest absolute Gasteiger partial charge is 0.316 e. The van der Waals surface area contributed by atoms with Gasteiger partial charge in [-0.15, -0.1) is 0 Å². The zero-order valence-electron chi connectivity index (χ0n) is 10.3. The van der Waals surface area contributed by atoms with Crippen LogP contribution >= 0.6 is 0 Å². The summed E-state index contributed by atoms with van der Waals surface area (Å²) in [5.41, 5.74) is 0.991. The summed E-state index contributed by atoms with van der Waals surface area (Å²) < 4.78 is 25.0. The lowest BCUT2D eigenvalue weighted by molar-refractivity contribution is 0.538. The fraction of sp³-hybridized carbons (Fsp3) is 0.538. The van der Waals surface area contributed by atoms with E-state index in [0.717, 1.165) is 24.8 Å². The number of hydrogen-bond donors (Lipinski definition) is 1. The molecule has 3 nitrogen and oxygen atoms in total. The Labute approximate surface area is 103 Å². The van der Waals surface area contributed by atoms with E-state index < -0.39 is 9.84 Å². The Morgan fingerprint density at radius 3 is 2.71 bits per heavy atom. The molecule has 1 N–H and O–H groups in total. The minimum atomic E-state index is -3.18. The van der Waals surface area contributed by atoms with Gasteiger partial charge in [-0.2, -0.15) is 0 Å². The zero-order valence-corrected chi connectivity index (χ0v) is 11.1. The van der Waals surface area contributed by atoms with Crippen LogP contribution in [-0.2, 0) is 9.84 Å². The average molecular weight is 253 g/mol. The van der Waals surface area contributed by atoms with Gasteiger partial charge >= 0.3 is 0 Å². The van der Waals surface area contributed by atoms with E-state index in [1.54, 1.807) is 12.1 Å². The van der Waals surface area contributed by atoms with Crippen molar-refractivity contribution in [3.63, 3.8) is 0 Å². The van der Waals surface area contributed by atoms with Crippen molar-refractivity contribution in [3.8, 4) is 0 Å². The molecule has 0 aliphatic heterocycles. The van der Waals surface area contributed by atoms with Gasteiger partial charge in [-0.05, 0) is 44.5 Å². The number of benzene rings is 1. The summed E-state index contributed by atoms with van der Waals surface area (Å²) in [6.45, 7) is 1.92. The maximum atomic E-state index is 12.5. The zero-order chi connectivity index (χ0) is 12.5. The monoisotopic (exact) mass is 253 g/mol. The van der Waals surface area contributed by atoms with Crippen molar-refractivity contribution in [2.75, 3.05) is 7.05 Å². The van der Waals surface area contributed by atoms with Gasteiger partial charge in [-0.3, -0.25) is 0 Å². The summed E-state index contributed by atoms with van der Waals surface area (Å²) in [6.07, 6.45) is 2.70. The lowest BCUT2D eigenvalue weighted by Gasteiger charge is -2.19. The molecule has 0 spiro atoms. The standard InChI is InChI=1S/C13H19NO2S/c1-10-5-3-6-11(9-10)17(15,16)13-8-4-7-12(13)14-2/h3,5-6,9,12-14H,4,7-8H2,1-2H3. The Balaban J connectivity index is 2.36. The highest BCUT2D eigenvalue weighted by Gasteiger charge is 2.37. The summed E-state index contributed by atoms with van der Waals surface area (Å²) >= 11 is 0. The van der Waals surface area contributed by atoms with Crippen LogP contribution in [0.2, 0.25) is 0 Å². The lowest BCUT2D eigenvalue weighted by atomic mass is 10.2. The molecular weight excluding hydrogens is 234 g/mol. The predicted octanol–water partition coefficient (Wildman–Crippen LogP) is 1.91. The fourth-order valence-corrected chi connectivity index (χ4v) is 4.74. The Morgan fingerprint density at radius 1 is 1.29 bits per heavy atom. The van der Waals surface area contributed by atoms with Crippen molar-refractivity contribution in [2.24, 2.45) is 0 Å².